The van der Waals surface area contributed by atoms with Gasteiger partial charge in [-0.15, -0.1) is 0 Å². The van der Waals surface area contributed by atoms with Crippen LogP contribution in [0.3, 0.4) is 0 Å². The standard InChI is InChI=1S/C15H28N2O3/c1-4-13(10-20-3)17-14(18)9-11(2)16-15(19)12-7-5-6-8-12/h11-13H,4-10H2,1-3H3,(H,16,19)(H,17,18)/t11-,13+/m1/s1. The quantitative estimate of drug-likeness (QED) is 0.711. The van der Waals surface area contributed by atoms with Gasteiger partial charge in [-0.3, -0.25) is 9.59 Å². The number of amides is 2. The molecule has 1 rings (SSSR count). The Hall–Kier alpha value is -1.10. The molecule has 0 radical (unpaired) electrons. The molecule has 5 heteroatoms. The monoisotopic (exact) mass is 284 g/mol. The minimum absolute atomic E-state index is 0.0341. The summed E-state index contributed by atoms with van der Waals surface area (Å²) in [5.41, 5.74) is 0. The smallest absolute Gasteiger partial charge is 0.223 e. The molecule has 5 nitrogen and oxygen atoms in total. The average molecular weight is 284 g/mol. The zero-order chi connectivity index (χ0) is 15.0. The number of ether oxygens (including phenoxy) is 1. The topological polar surface area (TPSA) is 67.4 Å². The number of carbonyl (C=O) groups excluding carboxylic acids is 2. The third-order valence-corrected chi connectivity index (χ3v) is 3.83. The van der Waals surface area contributed by atoms with Crippen LogP contribution in [0.1, 0.15) is 52.4 Å². The fourth-order valence-electron chi connectivity index (χ4n) is 2.63. The SMILES string of the molecule is CC[C@@H](COC)NC(=O)C[C@@H](C)NC(=O)C1CCCC1. The molecule has 116 valence electrons. The molecule has 0 unspecified atom stereocenters. The second-order valence-corrected chi connectivity index (χ2v) is 5.72. The highest BCUT2D eigenvalue weighted by Gasteiger charge is 2.24. The van der Waals surface area contributed by atoms with Gasteiger partial charge in [-0.1, -0.05) is 19.8 Å². The van der Waals surface area contributed by atoms with Crippen LogP contribution in [0, 0.1) is 5.92 Å². The van der Waals surface area contributed by atoms with Crippen molar-refractivity contribution >= 4 is 11.8 Å². The summed E-state index contributed by atoms with van der Waals surface area (Å²) >= 11 is 0. The van der Waals surface area contributed by atoms with Crippen LogP contribution in [-0.2, 0) is 14.3 Å². The summed E-state index contributed by atoms with van der Waals surface area (Å²) in [6.07, 6.45) is 5.40. The van der Waals surface area contributed by atoms with Crippen molar-refractivity contribution in [3.63, 3.8) is 0 Å². The minimum atomic E-state index is -0.122. The molecule has 0 heterocycles. The largest absolute Gasteiger partial charge is 0.383 e. The molecule has 2 N–H and O–H groups in total. The number of hydrogen-bond donors (Lipinski definition) is 2. The fourth-order valence-corrected chi connectivity index (χ4v) is 2.63. The van der Waals surface area contributed by atoms with E-state index in [-0.39, 0.29) is 29.8 Å². The minimum Gasteiger partial charge on any atom is -0.383 e. The summed E-state index contributed by atoms with van der Waals surface area (Å²) in [4.78, 5) is 23.8. The maximum atomic E-state index is 12.0. The third kappa shape index (κ3) is 5.90. The van der Waals surface area contributed by atoms with Gasteiger partial charge in [0.25, 0.3) is 0 Å². The van der Waals surface area contributed by atoms with Gasteiger partial charge in [0.15, 0.2) is 0 Å². The Morgan fingerprint density at radius 3 is 2.45 bits per heavy atom. The van der Waals surface area contributed by atoms with Gasteiger partial charge in [-0.2, -0.15) is 0 Å². The molecule has 1 fully saturated rings. The molecule has 1 saturated carbocycles. The lowest BCUT2D eigenvalue weighted by Crippen LogP contribution is -2.43. The first kappa shape index (κ1) is 17.0. The molecule has 0 bridgehead atoms. The summed E-state index contributed by atoms with van der Waals surface area (Å²) in [5.74, 6) is 0.220. The first-order valence-electron chi connectivity index (χ1n) is 7.65. The van der Waals surface area contributed by atoms with E-state index >= 15 is 0 Å². The van der Waals surface area contributed by atoms with E-state index in [2.05, 4.69) is 10.6 Å². The van der Waals surface area contributed by atoms with E-state index in [1.54, 1.807) is 7.11 Å². The number of carbonyl (C=O) groups is 2. The van der Waals surface area contributed by atoms with Crippen molar-refractivity contribution < 1.29 is 14.3 Å². The van der Waals surface area contributed by atoms with Crippen molar-refractivity contribution in [2.75, 3.05) is 13.7 Å². The van der Waals surface area contributed by atoms with Crippen molar-refractivity contribution in [1.82, 2.24) is 10.6 Å². The molecule has 0 aromatic heterocycles. The van der Waals surface area contributed by atoms with Gasteiger partial charge in [0.2, 0.25) is 11.8 Å². The lowest BCUT2D eigenvalue weighted by Gasteiger charge is -2.19. The normalized spacial score (nSPS) is 18.6. The highest BCUT2D eigenvalue weighted by Crippen LogP contribution is 2.24. The first-order valence-corrected chi connectivity index (χ1v) is 7.65. The number of nitrogens with one attached hydrogen (secondary N) is 2. The molecule has 0 aliphatic heterocycles. The molecule has 0 spiro atoms. The van der Waals surface area contributed by atoms with Crippen LogP contribution in [0.2, 0.25) is 0 Å². The zero-order valence-corrected chi connectivity index (χ0v) is 12.9. The maximum Gasteiger partial charge on any atom is 0.223 e. The summed E-state index contributed by atoms with van der Waals surface area (Å²) in [7, 11) is 1.62. The van der Waals surface area contributed by atoms with Gasteiger partial charge in [0.1, 0.15) is 0 Å². The zero-order valence-electron chi connectivity index (χ0n) is 12.9. The van der Waals surface area contributed by atoms with Crippen molar-refractivity contribution in [3.05, 3.63) is 0 Å². The lowest BCUT2D eigenvalue weighted by atomic mass is 10.1. The molecule has 0 aromatic carbocycles. The molecule has 0 aromatic rings. The first-order chi connectivity index (χ1) is 9.56. The Labute approximate surface area is 121 Å². The highest BCUT2D eigenvalue weighted by molar-refractivity contribution is 5.81. The third-order valence-electron chi connectivity index (χ3n) is 3.83. The number of hydrogen-bond acceptors (Lipinski definition) is 3. The van der Waals surface area contributed by atoms with Crippen molar-refractivity contribution in [2.24, 2.45) is 5.92 Å². The second-order valence-electron chi connectivity index (χ2n) is 5.72. The van der Waals surface area contributed by atoms with Crippen molar-refractivity contribution in [1.29, 1.82) is 0 Å². The van der Waals surface area contributed by atoms with E-state index in [4.69, 9.17) is 4.74 Å². The van der Waals surface area contributed by atoms with Gasteiger partial charge in [0, 0.05) is 25.5 Å². The van der Waals surface area contributed by atoms with Gasteiger partial charge in [0.05, 0.1) is 12.6 Å². The van der Waals surface area contributed by atoms with Crippen molar-refractivity contribution in [3.8, 4) is 0 Å². The summed E-state index contributed by atoms with van der Waals surface area (Å²) < 4.78 is 5.05. The molecule has 1 aliphatic carbocycles. The van der Waals surface area contributed by atoms with Gasteiger partial charge < -0.3 is 15.4 Å². The van der Waals surface area contributed by atoms with E-state index in [0.29, 0.717) is 13.0 Å². The lowest BCUT2D eigenvalue weighted by molar-refractivity contribution is -0.126. The van der Waals surface area contributed by atoms with E-state index < -0.39 is 0 Å². The predicted molar refractivity (Wildman–Crippen MR) is 78.3 cm³/mol. The van der Waals surface area contributed by atoms with Crippen LogP contribution in [0.5, 0.6) is 0 Å². The summed E-state index contributed by atoms with van der Waals surface area (Å²) in [6, 6.07) is -0.0756. The number of methoxy groups -OCH3 is 1. The molecule has 2 amide bonds. The Balaban J connectivity index is 2.27. The Morgan fingerprint density at radius 1 is 1.25 bits per heavy atom. The Bertz CT molecular complexity index is 314. The fraction of sp³-hybridized carbons (Fsp3) is 0.867. The van der Waals surface area contributed by atoms with Crippen LogP contribution >= 0.6 is 0 Å². The van der Waals surface area contributed by atoms with E-state index in [0.717, 1.165) is 32.1 Å². The Kier molecular flexibility index (Phi) is 7.59. The van der Waals surface area contributed by atoms with Gasteiger partial charge in [-0.25, -0.2) is 0 Å². The maximum absolute atomic E-state index is 12.0. The number of rotatable bonds is 8. The summed E-state index contributed by atoms with van der Waals surface area (Å²) in [5, 5.41) is 5.87. The second kappa shape index (κ2) is 8.95. The molecule has 20 heavy (non-hydrogen) atoms. The molecule has 0 saturated heterocycles. The van der Waals surface area contributed by atoms with Crippen LogP contribution in [-0.4, -0.2) is 37.6 Å². The van der Waals surface area contributed by atoms with E-state index in [1.165, 1.54) is 0 Å². The van der Waals surface area contributed by atoms with Crippen LogP contribution < -0.4 is 10.6 Å². The van der Waals surface area contributed by atoms with Crippen LogP contribution in [0.4, 0.5) is 0 Å². The van der Waals surface area contributed by atoms with E-state index in [1.807, 2.05) is 13.8 Å². The highest BCUT2D eigenvalue weighted by atomic mass is 16.5. The van der Waals surface area contributed by atoms with E-state index in [9.17, 15) is 9.59 Å². The van der Waals surface area contributed by atoms with Gasteiger partial charge >= 0.3 is 0 Å². The van der Waals surface area contributed by atoms with Gasteiger partial charge in [-0.05, 0) is 26.2 Å². The molecular weight excluding hydrogens is 256 g/mol. The predicted octanol–water partition coefficient (Wildman–Crippen LogP) is 1.61. The average Bonchev–Trinajstić information content (AvgIpc) is 2.91. The molecule has 1 aliphatic rings. The molecular formula is C15H28N2O3. The van der Waals surface area contributed by atoms with Crippen LogP contribution in [0.15, 0.2) is 0 Å². The van der Waals surface area contributed by atoms with Crippen molar-refractivity contribution in [2.45, 2.75) is 64.5 Å². The van der Waals surface area contributed by atoms with Crippen LogP contribution in [0.25, 0.3) is 0 Å². The molecule has 2 atom stereocenters. The Morgan fingerprint density at radius 2 is 1.90 bits per heavy atom. The summed E-state index contributed by atoms with van der Waals surface area (Å²) in [6.45, 7) is 4.41.